The van der Waals surface area contributed by atoms with Gasteiger partial charge < -0.3 is 19.3 Å². The predicted molar refractivity (Wildman–Crippen MR) is 144 cm³/mol. The topological polar surface area (TPSA) is 76.9 Å². The van der Waals surface area contributed by atoms with Crippen molar-refractivity contribution in [1.82, 2.24) is 14.7 Å². The van der Waals surface area contributed by atoms with Crippen LogP contribution < -0.4 is 9.64 Å². The van der Waals surface area contributed by atoms with Crippen molar-refractivity contribution in [2.45, 2.75) is 6.92 Å². The highest BCUT2D eigenvalue weighted by molar-refractivity contribution is 7.12. The lowest BCUT2D eigenvalue weighted by molar-refractivity contribution is 0.0518. The Labute approximate surface area is 219 Å². The van der Waals surface area contributed by atoms with E-state index < -0.39 is 5.97 Å². The standard InChI is InChI=1S/C28H28N4O4S/c1-3-36-28(34)24-19-25(32(29-24)22-10-12-23(35-2)13-11-22)20-6-8-21(9-7-20)30-14-16-31(17-15-30)27(33)26-5-4-18-37-26/h4-13,18-19H,3,14-17H2,1-2H3. The van der Waals surface area contributed by atoms with Crippen molar-refractivity contribution < 1.29 is 19.1 Å². The fourth-order valence-corrected chi connectivity index (χ4v) is 5.07. The Hall–Kier alpha value is -4.11. The smallest absolute Gasteiger partial charge is 0.358 e. The van der Waals surface area contributed by atoms with E-state index in [4.69, 9.17) is 9.47 Å². The minimum atomic E-state index is -0.456. The minimum absolute atomic E-state index is 0.106. The van der Waals surface area contributed by atoms with Gasteiger partial charge in [-0.2, -0.15) is 5.10 Å². The molecule has 9 heteroatoms. The number of ether oxygens (including phenoxy) is 2. The molecule has 0 spiro atoms. The highest BCUT2D eigenvalue weighted by atomic mass is 32.1. The van der Waals surface area contributed by atoms with Crippen molar-refractivity contribution in [3.05, 3.63) is 82.7 Å². The van der Waals surface area contributed by atoms with E-state index in [1.165, 1.54) is 11.3 Å². The van der Waals surface area contributed by atoms with Crippen LogP contribution in [0.3, 0.4) is 0 Å². The molecular formula is C28H28N4O4S. The van der Waals surface area contributed by atoms with E-state index >= 15 is 0 Å². The number of hydrogen-bond donors (Lipinski definition) is 0. The van der Waals surface area contributed by atoms with Gasteiger partial charge in [0.1, 0.15) is 5.75 Å². The molecule has 5 rings (SSSR count). The summed E-state index contributed by atoms with van der Waals surface area (Å²) in [5.74, 6) is 0.390. The number of amides is 1. The highest BCUT2D eigenvalue weighted by Crippen LogP contribution is 2.28. The second-order valence-corrected chi connectivity index (χ2v) is 9.50. The summed E-state index contributed by atoms with van der Waals surface area (Å²) in [4.78, 5) is 30.1. The van der Waals surface area contributed by atoms with E-state index in [1.807, 2.05) is 58.8 Å². The summed E-state index contributed by atoms with van der Waals surface area (Å²) >= 11 is 1.48. The number of hydrogen-bond acceptors (Lipinski definition) is 7. The third-order valence-corrected chi connectivity index (χ3v) is 7.20. The third-order valence-electron chi connectivity index (χ3n) is 6.34. The van der Waals surface area contributed by atoms with E-state index in [9.17, 15) is 9.59 Å². The van der Waals surface area contributed by atoms with Crippen molar-refractivity contribution in [1.29, 1.82) is 0 Å². The molecule has 4 aromatic rings. The lowest BCUT2D eigenvalue weighted by Gasteiger charge is -2.36. The molecule has 1 saturated heterocycles. The van der Waals surface area contributed by atoms with E-state index in [0.717, 1.165) is 46.3 Å². The number of benzene rings is 2. The maximum atomic E-state index is 12.7. The molecule has 1 aliphatic rings. The first-order valence-electron chi connectivity index (χ1n) is 12.2. The van der Waals surface area contributed by atoms with Gasteiger partial charge in [-0.3, -0.25) is 4.79 Å². The van der Waals surface area contributed by atoms with Gasteiger partial charge in [0, 0.05) is 37.4 Å². The molecule has 2 aromatic carbocycles. The Morgan fingerprint density at radius 1 is 0.946 bits per heavy atom. The molecule has 1 aliphatic heterocycles. The van der Waals surface area contributed by atoms with Gasteiger partial charge in [-0.25, -0.2) is 9.48 Å². The van der Waals surface area contributed by atoms with Crippen LogP contribution in [0.25, 0.3) is 16.9 Å². The molecule has 0 bridgehead atoms. The fourth-order valence-electron chi connectivity index (χ4n) is 4.38. The van der Waals surface area contributed by atoms with E-state index in [-0.39, 0.29) is 18.2 Å². The first kappa shape index (κ1) is 24.6. The fraction of sp³-hybridized carbons (Fsp3) is 0.250. The van der Waals surface area contributed by atoms with E-state index in [2.05, 4.69) is 22.1 Å². The summed E-state index contributed by atoms with van der Waals surface area (Å²) in [7, 11) is 1.62. The third kappa shape index (κ3) is 5.22. The number of methoxy groups -OCH3 is 1. The Balaban J connectivity index is 1.35. The van der Waals surface area contributed by atoms with Crippen molar-refractivity contribution in [2.75, 3.05) is 44.8 Å². The molecule has 8 nitrogen and oxygen atoms in total. The average Bonchev–Trinajstić information content (AvgIpc) is 3.64. The lowest BCUT2D eigenvalue weighted by atomic mass is 10.1. The quantitative estimate of drug-likeness (QED) is 0.330. The molecule has 37 heavy (non-hydrogen) atoms. The molecule has 0 unspecified atom stereocenters. The van der Waals surface area contributed by atoms with Gasteiger partial charge >= 0.3 is 5.97 Å². The Morgan fingerprint density at radius 2 is 1.65 bits per heavy atom. The number of piperazine rings is 1. The number of esters is 1. The van der Waals surface area contributed by atoms with Gasteiger partial charge in [-0.05, 0) is 60.8 Å². The number of carbonyl (C=O) groups excluding carboxylic acids is 2. The van der Waals surface area contributed by atoms with Crippen molar-refractivity contribution in [3.63, 3.8) is 0 Å². The molecule has 0 atom stereocenters. The zero-order chi connectivity index (χ0) is 25.8. The zero-order valence-electron chi connectivity index (χ0n) is 20.8. The molecule has 2 aromatic heterocycles. The van der Waals surface area contributed by atoms with E-state index in [1.54, 1.807) is 24.8 Å². The molecule has 0 aliphatic carbocycles. The molecule has 1 fully saturated rings. The largest absolute Gasteiger partial charge is 0.497 e. The number of thiophene rings is 1. The molecule has 0 radical (unpaired) electrons. The van der Waals surface area contributed by atoms with Crippen LogP contribution in [0.15, 0.2) is 72.1 Å². The van der Waals surface area contributed by atoms with Crippen molar-refractivity contribution in [2.24, 2.45) is 0 Å². The maximum absolute atomic E-state index is 12.7. The minimum Gasteiger partial charge on any atom is -0.497 e. The van der Waals surface area contributed by atoms with Gasteiger partial charge in [0.05, 0.1) is 30.0 Å². The normalized spacial score (nSPS) is 13.5. The van der Waals surface area contributed by atoms with Crippen molar-refractivity contribution >= 4 is 28.9 Å². The Morgan fingerprint density at radius 3 is 2.27 bits per heavy atom. The van der Waals surface area contributed by atoms with Crippen LogP contribution in [0.4, 0.5) is 5.69 Å². The van der Waals surface area contributed by atoms with Crippen LogP contribution >= 0.6 is 11.3 Å². The summed E-state index contributed by atoms with van der Waals surface area (Å²) in [6.45, 7) is 4.97. The summed E-state index contributed by atoms with van der Waals surface area (Å²) in [6.07, 6.45) is 0. The highest BCUT2D eigenvalue weighted by Gasteiger charge is 2.23. The van der Waals surface area contributed by atoms with Gasteiger partial charge in [0.25, 0.3) is 5.91 Å². The van der Waals surface area contributed by atoms with Gasteiger partial charge in [0.15, 0.2) is 5.69 Å². The monoisotopic (exact) mass is 516 g/mol. The molecular weight excluding hydrogens is 488 g/mol. The summed E-state index contributed by atoms with van der Waals surface area (Å²) in [6, 6.07) is 21.3. The molecule has 0 saturated carbocycles. The van der Waals surface area contributed by atoms with Crippen LogP contribution in [0.5, 0.6) is 5.75 Å². The Kier molecular flexibility index (Phi) is 7.23. The first-order chi connectivity index (χ1) is 18.1. The number of aromatic nitrogens is 2. The summed E-state index contributed by atoms with van der Waals surface area (Å²) < 4.78 is 12.2. The first-order valence-corrected chi connectivity index (χ1v) is 13.0. The van der Waals surface area contributed by atoms with Gasteiger partial charge in [-0.1, -0.05) is 18.2 Å². The molecule has 3 heterocycles. The van der Waals surface area contributed by atoms with Crippen LogP contribution in [0, 0.1) is 0 Å². The van der Waals surface area contributed by atoms with Gasteiger partial charge in [-0.15, -0.1) is 11.3 Å². The van der Waals surface area contributed by atoms with Crippen LogP contribution in [0.2, 0.25) is 0 Å². The lowest BCUT2D eigenvalue weighted by Crippen LogP contribution is -2.48. The number of anilines is 1. The molecule has 0 N–H and O–H groups in total. The SMILES string of the molecule is CCOC(=O)c1cc(-c2ccc(N3CCN(C(=O)c4cccs4)CC3)cc2)n(-c2ccc(OC)cc2)n1. The van der Waals surface area contributed by atoms with Crippen molar-refractivity contribution in [3.8, 4) is 22.7 Å². The number of rotatable bonds is 7. The van der Waals surface area contributed by atoms with Crippen LogP contribution in [-0.2, 0) is 4.74 Å². The summed E-state index contributed by atoms with van der Waals surface area (Å²) in [5.41, 5.74) is 3.86. The molecule has 1 amide bonds. The van der Waals surface area contributed by atoms with Crippen LogP contribution in [0.1, 0.15) is 27.1 Å². The second kappa shape index (κ2) is 10.9. The molecule has 190 valence electrons. The van der Waals surface area contributed by atoms with Crippen LogP contribution in [-0.4, -0.2) is 66.5 Å². The summed E-state index contributed by atoms with van der Waals surface area (Å²) in [5, 5.41) is 6.48. The second-order valence-electron chi connectivity index (χ2n) is 8.55. The predicted octanol–water partition coefficient (Wildman–Crippen LogP) is 4.75. The van der Waals surface area contributed by atoms with Gasteiger partial charge in [0.2, 0.25) is 0 Å². The van der Waals surface area contributed by atoms with E-state index in [0.29, 0.717) is 13.1 Å². The average molecular weight is 517 g/mol. The Bertz CT molecular complexity index is 1360. The number of carbonyl (C=O) groups is 2. The zero-order valence-corrected chi connectivity index (χ0v) is 21.6. The number of nitrogens with zero attached hydrogens (tertiary/aromatic N) is 4. The maximum Gasteiger partial charge on any atom is 0.358 e.